The molecule has 0 radical (unpaired) electrons. The molecule has 2 aliphatic rings. The zero-order valence-corrected chi connectivity index (χ0v) is 16.5. The highest BCUT2D eigenvalue weighted by molar-refractivity contribution is 5.86. The molecule has 3 rings (SSSR count). The predicted molar refractivity (Wildman–Crippen MR) is 104 cm³/mol. The van der Waals surface area contributed by atoms with Crippen LogP contribution < -0.4 is 5.32 Å². The van der Waals surface area contributed by atoms with E-state index in [1.54, 1.807) is 24.0 Å². The lowest BCUT2D eigenvalue weighted by atomic mass is 9.90. The van der Waals surface area contributed by atoms with Gasteiger partial charge < -0.3 is 20.2 Å². The van der Waals surface area contributed by atoms with Crippen molar-refractivity contribution in [1.29, 1.82) is 0 Å². The van der Waals surface area contributed by atoms with E-state index in [-0.39, 0.29) is 24.2 Å². The molecule has 2 aliphatic heterocycles. The first kappa shape index (κ1) is 20.7. The van der Waals surface area contributed by atoms with Gasteiger partial charge in [-0.3, -0.25) is 9.59 Å². The number of piperidine rings is 2. The number of benzene rings is 1. The van der Waals surface area contributed by atoms with Crippen molar-refractivity contribution in [2.24, 2.45) is 5.92 Å². The Hall–Kier alpha value is -1.99. The molecule has 28 heavy (non-hydrogen) atoms. The second-order valence-electron chi connectivity index (χ2n) is 8.07. The third-order valence-corrected chi connectivity index (χ3v) is 5.90. The van der Waals surface area contributed by atoms with Gasteiger partial charge in [0.15, 0.2) is 5.60 Å². The Bertz CT molecular complexity index is 689. The average Bonchev–Trinajstić information content (AvgIpc) is 2.68. The van der Waals surface area contributed by atoms with Crippen molar-refractivity contribution >= 4 is 11.8 Å². The number of amides is 2. The normalized spacial score (nSPS) is 23.9. The molecule has 0 saturated carbocycles. The molecule has 2 heterocycles. The van der Waals surface area contributed by atoms with Crippen LogP contribution >= 0.6 is 0 Å². The highest BCUT2D eigenvalue weighted by Gasteiger charge is 2.41. The van der Waals surface area contributed by atoms with Crippen molar-refractivity contribution in [3.05, 3.63) is 35.6 Å². The van der Waals surface area contributed by atoms with Crippen molar-refractivity contribution in [1.82, 2.24) is 15.1 Å². The van der Waals surface area contributed by atoms with Gasteiger partial charge >= 0.3 is 0 Å². The summed E-state index contributed by atoms with van der Waals surface area (Å²) in [5, 5.41) is 14.2. The number of likely N-dealkylation sites (tertiary alicyclic amines) is 2. The van der Waals surface area contributed by atoms with Crippen LogP contribution in [-0.2, 0) is 16.1 Å². The summed E-state index contributed by atoms with van der Waals surface area (Å²) in [5.74, 6) is 0.00788. The van der Waals surface area contributed by atoms with Gasteiger partial charge in [0.1, 0.15) is 5.82 Å². The zero-order chi connectivity index (χ0) is 20.1. The summed E-state index contributed by atoms with van der Waals surface area (Å²) in [6, 6.07) is 6.10. The Labute approximate surface area is 165 Å². The number of nitrogens with one attached hydrogen (secondary N) is 1. The summed E-state index contributed by atoms with van der Waals surface area (Å²) in [4.78, 5) is 27.8. The second kappa shape index (κ2) is 9.01. The first-order valence-corrected chi connectivity index (χ1v) is 10.1. The number of hydrogen-bond donors (Lipinski definition) is 2. The van der Waals surface area contributed by atoms with Gasteiger partial charge in [-0.2, -0.15) is 0 Å². The van der Waals surface area contributed by atoms with Crippen LogP contribution in [0.1, 0.15) is 38.2 Å². The SMILES string of the molecule is CC(=O)N1CCC(CNC[C@]2(O)CCCN(Cc3ccc(F)cc3)C2=O)CC1. The van der Waals surface area contributed by atoms with Crippen LogP contribution in [0.15, 0.2) is 24.3 Å². The summed E-state index contributed by atoms with van der Waals surface area (Å²) in [6.07, 6.45) is 3.06. The monoisotopic (exact) mass is 391 g/mol. The minimum atomic E-state index is -1.39. The van der Waals surface area contributed by atoms with Gasteiger partial charge in [-0.05, 0) is 55.8 Å². The van der Waals surface area contributed by atoms with Crippen LogP contribution in [0.4, 0.5) is 4.39 Å². The Morgan fingerprint density at radius 1 is 1.25 bits per heavy atom. The summed E-state index contributed by atoms with van der Waals surface area (Å²) in [5.41, 5.74) is -0.539. The van der Waals surface area contributed by atoms with Crippen molar-refractivity contribution in [2.75, 3.05) is 32.7 Å². The van der Waals surface area contributed by atoms with E-state index in [1.165, 1.54) is 12.1 Å². The van der Waals surface area contributed by atoms with E-state index in [9.17, 15) is 19.1 Å². The molecule has 2 amide bonds. The van der Waals surface area contributed by atoms with Crippen LogP contribution in [0.3, 0.4) is 0 Å². The maximum atomic E-state index is 13.1. The minimum Gasteiger partial charge on any atom is -0.379 e. The van der Waals surface area contributed by atoms with Crippen LogP contribution in [0.2, 0.25) is 0 Å². The van der Waals surface area contributed by atoms with Gasteiger partial charge in [0, 0.05) is 39.6 Å². The number of carbonyl (C=O) groups is 2. The molecular weight excluding hydrogens is 361 g/mol. The summed E-state index contributed by atoms with van der Waals surface area (Å²) < 4.78 is 13.1. The molecule has 0 spiro atoms. The fourth-order valence-corrected chi connectivity index (χ4v) is 4.13. The van der Waals surface area contributed by atoms with Crippen LogP contribution in [0.5, 0.6) is 0 Å². The zero-order valence-electron chi connectivity index (χ0n) is 16.5. The van der Waals surface area contributed by atoms with Gasteiger partial charge in [-0.25, -0.2) is 4.39 Å². The Balaban J connectivity index is 1.48. The number of aliphatic hydroxyl groups is 1. The number of hydrogen-bond acceptors (Lipinski definition) is 4. The average molecular weight is 391 g/mol. The van der Waals surface area contributed by atoms with Crippen molar-refractivity contribution in [2.45, 2.75) is 44.8 Å². The fraction of sp³-hybridized carbons (Fsp3) is 0.619. The molecule has 7 heteroatoms. The standard InChI is InChI=1S/C21H30FN3O3/c1-16(26)24-11-7-17(8-12-24)13-23-15-21(28)9-2-10-25(20(21)27)14-18-3-5-19(22)6-4-18/h3-6,17,23,28H,2,7-15H2,1H3/t21-/m1/s1. The highest BCUT2D eigenvalue weighted by atomic mass is 19.1. The van der Waals surface area contributed by atoms with E-state index in [0.717, 1.165) is 44.5 Å². The summed E-state index contributed by atoms with van der Waals surface area (Å²) in [6.45, 7) is 5.10. The maximum absolute atomic E-state index is 13.1. The van der Waals surface area contributed by atoms with Gasteiger partial charge in [-0.1, -0.05) is 12.1 Å². The number of rotatable bonds is 6. The molecule has 2 saturated heterocycles. The molecule has 2 fully saturated rings. The van der Waals surface area contributed by atoms with Crippen molar-refractivity contribution in [3.63, 3.8) is 0 Å². The largest absolute Gasteiger partial charge is 0.379 e. The van der Waals surface area contributed by atoms with Crippen LogP contribution in [-0.4, -0.2) is 65.0 Å². The highest BCUT2D eigenvalue weighted by Crippen LogP contribution is 2.24. The third-order valence-electron chi connectivity index (χ3n) is 5.90. The Morgan fingerprint density at radius 2 is 1.93 bits per heavy atom. The third kappa shape index (κ3) is 5.08. The van der Waals surface area contributed by atoms with Crippen molar-refractivity contribution in [3.8, 4) is 0 Å². The maximum Gasteiger partial charge on any atom is 0.256 e. The molecule has 0 aromatic heterocycles. The van der Waals surface area contributed by atoms with E-state index < -0.39 is 5.60 Å². The topological polar surface area (TPSA) is 72.9 Å². The molecule has 2 N–H and O–H groups in total. The summed E-state index contributed by atoms with van der Waals surface area (Å²) in [7, 11) is 0. The quantitative estimate of drug-likeness (QED) is 0.771. The van der Waals surface area contributed by atoms with Gasteiger partial charge in [0.25, 0.3) is 5.91 Å². The molecule has 0 unspecified atom stereocenters. The predicted octanol–water partition coefficient (Wildman–Crippen LogP) is 1.53. The molecule has 0 aliphatic carbocycles. The summed E-state index contributed by atoms with van der Waals surface area (Å²) >= 11 is 0. The molecule has 1 atom stereocenters. The van der Waals surface area contributed by atoms with E-state index in [2.05, 4.69) is 5.32 Å². The molecule has 1 aromatic carbocycles. The molecule has 1 aromatic rings. The Kier molecular flexibility index (Phi) is 6.67. The minimum absolute atomic E-state index is 0.120. The van der Waals surface area contributed by atoms with Gasteiger partial charge in [-0.15, -0.1) is 0 Å². The lowest BCUT2D eigenvalue weighted by Crippen LogP contribution is -2.58. The van der Waals surface area contributed by atoms with E-state index in [1.807, 2.05) is 4.90 Å². The molecular formula is C21H30FN3O3. The first-order valence-electron chi connectivity index (χ1n) is 10.1. The van der Waals surface area contributed by atoms with Crippen LogP contribution in [0.25, 0.3) is 0 Å². The fourth-order valence-electron chi connectivity index (χ4n) is 4.13. The van der Waals surface area contributed by atoms with Crippen molar-refractivity contribution < 1.29 is 19.1 Å². The first-order chi connectivity index (χ1) is 13.4. The lowest BCUT2D eigenvalue weighted by molar-refractivity contribution is -0.157. The van der Waals surface area contributed by atoms with E-state index >= 15 is 0 Å². The lowest BCUT2D eigenvalue weighted by Gasteiger charge is -2.39. The van der Waals surface area contributed by atoms with E-state index in [4.69, 9.17) is 0 Å². The van der Waals surface area contributed by atoms with Gasteiger partial charge in [0.05, 0.1) is 0 Å². The second-order valence-corrected chi connectivity index (χ2v) is 8.07. The molecule has 0 bridgehead atoms. The molecule has 6 nitrogen and oxygen atoms in total. The number of nitrogens with zero attached hydrogens (tertiary/aromatic N) is 2. The van der Waals surface area contributed by atoms with E-state index in [0.29, 0.717) is 25.4 Å². The number of halogens is 1. The number of carbonyl (C=O) groups excluding carboxylic acids is 2. The van der Waals surface area contributed by atoms with Gasteiger partial charge in [0.2, 0.25) is 5.91 Å². The Morgan fingerprint density at radius 3 is 2.57 bits per heavy atom. The van der Waals surface area contributed by atoms with Crippen LogP contribution in [0, 0.1) is 11.7 Å². The molecule has 154 valence electrons. The smallest absolute Gasteiger partial charge is 0.256 e.